The lowest BCUT2D eigenvalue weighted by Gasteiger charge is -2.16. The Hall–Kier alpha value is -1.82. The van der Waals surface area contributed by atoms with E-state index < -0.39 is 21.0 Å². The fourth-order valence-corrected chi connectivity index (χ4v) is 2.43. The molecule has 0 saturated carbocycles. The average molecular weight is 254 g/mol. The number of fused-ring (bicyclic) bond motifs is 1. The molecule has 0 radical (unpaired) electrons. The second kappa shape index (κ2) is 4.21. The van der Waals surface area contributed by atoms with Crippen LogP contribution in [0, 0.1) is 0 Å². The Kier molecular flexibility index (Phi) is 2.89. The molecule has 1 aromatic carbocycles. The number of carbonyl (C=O) groups excluding carboxylic acids is 1. The predicted molar refractivity (Wildman–Crippen MR) is 60.6 cm³/mol. The van der Waals surface area contributed by atoms with Crippen LogP contribution in [-0.4, -0.2) is 21.0 Å². The molecule has 2 rings (SSSR count). The molecule has 90 valence electrons. The Morgan fingerprint density at radius 3 is 2.76 bits per heavy atom. The lowest BCUT2D eigenvalue weighted by atomic mass is 10.2. The lowest BCUT2D eigenvalue weighted by molar-refractivity contribution is -0.137. The van der Waals surface area contributed by atoms with Gasteiger partial charge in [-0.05, 0) is 19.1 Å². The van der Waals surface area contributed by atoms with Gasteiger partial charge in [0.2, 0.25) is 0 Å². The van der Waals surface area contributed by atoms with Gasteiger partial charge in [0.1, 0.15) is 5.75 Å². The molecule has 1 heterocycles. The van der Waals surface area contributed by atoms with Crippen molar-refractivity contribution in [2.24, 2.45) is 0 Å². The normalized spacial score (nSPS) is 16.4. The summed E-state index contributed by atoms with van der Waals surface area (Å²) in [5.74, 6) is -0.692. The van der Waals surface area contributed by atoms with E-state index >= 15 is 0 Å². The zero-order valence-corrected chi connectivity index (χ0v) is 9.86. The van der Waals surface area contributed by atoms with Crippen LogP contribution in [0.5, 0.6) is 5.75 Å². The molecule has 0 N–H and O–H groups in total. The number of benzene rings is 1. The smallest absolute Gasteiger partial charge is 0.353 e. The minimum atomic E-state index is -4.07. The van der Waals surface area contributed by atoms with Crippen LogP contribution in [-0.2, 0) is 19.6 Å². The van der Waals surface area contributed by atoms with Gasteiger partial charge >= 0.3 is 16.1 Å². The van der Waals surface area contributed by atoms with E-state index in [-0.39, 0.29) is 12.4 Å². The van der Waals surface area contributed by atoms with Crippen molar-refractivity contribution in [2.75, 3.05) is 6.61 Å². The Morgan fingerprint density at radius 1 is 1.35 bits per heavy atom. The molecule has 0 atom stereocenters. The summed E-state index contributed by atoms with van der Waals surface area (Å²) in [6, 6.07) is 6.55. The minimum Gasteiger partial charge on any atom is -0.462 e. The van der Waals surface area contributed by atoms with Crippen LogP contribution >= 0.6 is 0 Å². The maximum absolute atomic E-state index is 11.7. The van der Waals surface area contributed by atoms with E-state index in [1.807, 2.05) is 0 Å². The maximum atomic E-state index is 11.7. The van der Waals surface area contributed by atoms with Crippen LogP contribution in [0.25, 0.3) is 6.08 Å². The first-order chi connectivity index (χ1) is 8.04. The molecule has 1 aliphatic rings. The first kappa shape index (κ1) is 11.7. The maximum Gasteiger partial charge on any atom is 0.353 e. The van der Waals surface area contributed by atoms with Gasteiger partial charge in [0.25, 0.3) is 0 Å². The summed E-state index contributed by atoms with van der Waals surface area (Å²) < 4.78 is 32.8. The Morgan fingerprint density at radius 2 is 2.06 bits per heavy atom. The molecular weight excluding hydrogens is 244 g/mol. The largest absolute Gasteiger partial charge is 0.462 e. The van der Waals surface area contributed by atoms with E-state index in [4.69, 9.17) is 4.18 Å². The Bertz CT molecular complexity index is 586. The van der Waals surface area contributed by atoms with E-state index in [2.05, 4.69) is 4.74 Å². The number of hydrogen-bond donors (Lipinski definition) is 0. The van der Waals surface area contributed by atoms with Crippen molar-refractivity contribution in [1.29, 1.82) is 0 Å². The first-order valence-electron chi connectivity index (χ1n) is 4.97. The molecule has 0 unspecified atom stereocenters. The molecule has 0 saturated heterocycles. The lowest BCUT2D eigenvalue weighted by Crippen LogP contribution is -2.23. The second-order valence-electron chi connectivity index (χ2n) is 3.30. The van der Waals surface area contributed by atoms with E-state index in [1.54, 1.807) is 25.1 Å². The highest BCUT2D eigenvalue weighted by Crippen LogP contribution is 2.30. The van der Waals surface area contributed by atoms with Gasteiger partial charge in [-0.3, -0.25) is 0 Å². The molecule has 0 fully saturated rings. The second-order valence-corrected chi connectivity index (χ2v) is 4.82. The van der Waals surface area contributed by atoms with Gasteiger partial charge in [-0.2, -0.15) is 8.42 Å². The summed E-state index contributed by atoms with van der Waals surface area (Å²) >= 11 is 0. The summed E-state index contributed by atoms with van der Waals surface area (Å²) in [7, 11) is -4.07. The zero-order valence-electron chi connectivity index (χ0n) is 9.04. The van der Waals surface area contributed by atoms with Gasteiger partial charge < -0.3 is 8.92 Å². The van der Waals surface area contributed by atoms with Crippen LogP contribution in [0.2, 0.25) is 0 Å². The van der Waals surface area contributed by atoms with E-state index in [9.17, 15) is 13.2 Å². The predicted octanol–water partition coefficient (Wildman–Crippen LogP) is 1.31. The van der Waals surface area contributed by atoms with E-state index in [0.29, 0.717) is 5.56 Å². The van der Waals surface area contributed by atoms with Crippen molar-refractivity contribution >= 4 is 22.2 Å². The Balaban J connectivity index is 2.51. The van der Waals surface area contributed by atoms with Gasteiger partial charge in [-0.15, -0.1) is 0 Å². The Labute approximate surface area is 98.8 Å². The fourth-order valence-electron chi connectivity index (χ4n) is 1.42. The topological polar surface area (TPSA) is 69.7 Å². The van der Waals surface area contributed by atoms with E-state index in [1.165, 1.54) is 12.1 Å². The van der Waals surface area contributed by atoms with E-state index in [0.717, 1.165) is 0 Å². The molecule has 0 bridgehead atoms. The molecule has 1 aliphatic heterocycles. The van der Waals surface area contributed by atoms with Gasteiger partial charge in [-0.25, -0.2) is 4.79 Å². The molecule has 0 aromatic heterocycles. The third-order valence-electron chi connectivity index (χ3n) is 2.15. The summed E-state index contributed by atoms with van der Waals surface area (Å²) in [5.41, 5.74) is 0.533. The van der Waals surface area contributed by atoms with Crippen molar-refractivity contribution in [3.05, 3.63) is 34.7 Å². The number of hydrogen-bond acceptors (Lipinski definition) is 5. The van der Waals surface area contributed by atoms with Crippen molar-refractivity contribution < 1.29 is 22.1 Å². The van der Waals surface area contributed by atoms with Gasteiger partial charge in [0.15, 0.2) is 4.91 Å². The van der Waals surface area contributed by atoms with Crippen molar-refractivity contribution in [2.45, 2.75) is 6.92 Å². The highest BCUT2D eigenvalue weighted by atomic mass is 32.2. The van der Waals surface area contributed by atoms with Gasteiger partial charge in [-0.1, -0.05) is 18.2 Å². The number of carbonyl (C=O) groups is 1. The summed E-state index contributed by atoms with van der Waals surface area (Å²) in [6.45, 7) is 1.70. The molecular formula is C11H10O5S. The van der Waals surface area contributed by atoms with Crippen molar-refractivity contribution in [3.8, 4) is 5.75 Å². The zero-order chi connectivity index (χ0) is 12.5. The molecule has 6 heteroatoms. The van der Waals surface area contributed by atoms with Crippen LogP contribution in [0.4, 0.5) is 0 Å². The van der Waals surface area contributed by atoms with Crippen LogP contribution in [0.3, 0.4) is 0 Å². The highest BCUT2D eigenvalue weighted by molar-refractivity contribution is 7.92. The fraction of sp³-hybridized carbons (Fsp3) is 0.182. The molecule has 0 spiro atoms. The molecule has 17 heavy (non-hydrogen) atoms. The SMILES string of the molecule is CCOC(=O)C1=Cc2ccccc2OS1(=O)=O. The summed E-state index contributed by atoms with van der Waals surface area (Å²) in [4.78, 5) is 11.0. The van der Waals surface area contributed by atoms with Gasteiger partial charge in [0.05, 0.1) is 6.61 Å². The molecule has 0 amide bonds. The van der Waals surface area contributed by atoms with Crippen LogP contribution in [0.15, 0.2) is 29.2 Å². The van der Waals surface area contributed by atoms with Crippen molar-refractivity contribution in [1.82, 2.24) is 0 Å². The van der Waals surface area contributed by atoms with Gasteiger partial charge in [0, 0.05) is 5.56 Å². The third kappa shape index (κ3) is 2.16. The van der Waals surface area contributed by atoms with Crippen molar-refractivity contribution in [3.63, 3.8) is 0 Å². The molecule has 0 aliphatic carbocycles. The highest BCUT2D eigenvalue weighted by Gasteiger charge is 2.32. The minimum absolute atomic E-state index is 0.105. The monoisotopic (exact) mass is 254 g/mol. The number of para-hydroxylation sites is 1. The van der Waals surface area contributed by atoms with Crippen LogP contribution < -0.4 is 4.18 Å². The number of ether oxygens (including phenoxy) is 1. The number of rotatable bonds is 2. The third-order valence-corrected chi connectivity index (χ3v) is 3.37. The average Bonchev–Trinajstić information content (AvgIpc) is 2.27. The number of esters is 1. The molecule has 1 aromatic rings. The standard InChI is InChI=1S/C11H10O5S/c1-2-15-11(12)10-7-8-5-3-4-6-9(8)16-17(10,13)14/h3-7H,2H2,1H3. The molecule has 5 nitrogen and oxygen atoms in total. The van der Waals surface area contributed by atoms with Crippen LogP contribution in [0.1, 0.15) is 12.5 Å². The summed E-state index contributed by atoms with van der Waals surface area (Å²) in [6.07, 6.45) is 1.26. The summed E-state index contributed by atoms with van der Waals surface area (Å²) in [5, 5.41) is 0. The first-order valence-corrected chi connectivity index (χ1v) is 6.38. The quantitative estimate of drug-likeness (QED) is 0.588.